The van der Waals surface area contributed by atoms with Gasteiger partial charge in [0.05, 0.1) is 5.69 Å². The summed E-state index contributed by atoms with van der Waals surface area (Å²) < 4.78 is 1.99. The molecule has 0 saturated heterocycles. The molecule has 104 valence electrons. The molecule has 0 fully saturated rings. The van der Waals surface area contributed by atoms with Crippen molar-refractivity contribution in [1.82, 2.24) is 9.55 Å². The molecule has 3 nitrogen and oxygen atoms in total. The molecule has 3 rings (SSSR count). The molecule has 1 aliphatic carbocycles. The van der Waals surface area contributed by atoms with Crippen LogP contribution < -0.4 is 5.56 Å². The number of fused-ring (bicyclic) bond motifs is 2. The van der Waals surface area contributed by atoms with Crippen LogP contribution in [-0.4, -0.2) is 9.55 Å². The van der Waals surface area contributed by atoms with Gasteiger partial charge in [-0.1, -0.05) is 25.7 Å². The Hall–Kier alpha value is -1.12. The van der Waals surface area contributed by atoms with Gasteiger partial charge in [0.2, 0.25) is 0 Å². The first-order valence-corrected chi connectivity index (χ1v) is 7.98. The Labute approximate surface area is 115 Å². The third kappa shape index (κ3) is 2.75. The van der Waals surface area contributed by atoms with Crippen molar-refractivity contribution in [3.05, 3.63) is 27.4 Å². The maximum Gasteiger partial charge on any atom is 0.256 e. The molecule has 0 aromatic carbocycles. The molecule has 1 aromatic rings. The Morgan fingerprint density at radius 3 is 2.32 bits per heavy atom. The van der Waals surface area contributed by atoms with E-state index in [1.165, 1.54) is 38.5 Å². The van der Waals surface area contributed by atoms with Gasteiger partial charge in [0.15, 0.2) is 0 Å². The summed E-state index contributed by atoms with van der Waals surface area (Å²) in [6, 6.07) is 0. The van der Waals surface area contributed by atoms with Crippen LogP contribution in [0.25, 0.3) is 0 Å². The zero-order valence-corrected chi connectivity index (χ0v) is 11.8. The predicted molar refractivity (Wildman–Crippen MR) is 76.5 cm³/mol. The molecule has 0 atom stereocenters. The summed E-state index contributed by atoms with van der Waals surface area (Å²) in [6.45, 7) is 0.883. The van der Waals surface area contributed by atoms with Gasteiger partial charge < -0.3 is 0 Å². The number of nitrogens with zero attached hydrogens (tertiary/aromatic N) is 2. The van der Waals surface area contributed by atoms with Crippen LogP contribution in [0.2, 0.25) is 0 Å². The molecule has 1 aromatic heterocycles. The van der Waals surface area contributed by atoms with Crippen molar-refractivity contribution in [2.24, 2.45) is 0 Å². The minimum atomic E-state index is 0.281. The summed E-state index contributed by atoms with van der Waals surface area (Å²) in [5.74, 6) is 1.06. The Kier molecular flexibility index (Phi) is 4.00. The predicted octanol–water partition coefficient (Wildman–Crippen LogP) is 3.02. The van der Waals surface area contributed by atoms with E-state index in [2.05, 4.69) is 0 Å². The maximum atomic E-state index is 12.7. The van der Waals surface area contributed by atoms with Crippen molar-refractivity contribution < 1.29 is 0 Å². The van der Waals surface area contributed by atoms with Crippen molar-refractivity contribution >= 4 is 0 Å². The number of aromatic nitrogens is 2. The molecular weight excluding hydrogens is 236 g/mol. The van der Waals surface area contributed by atoms with Crippen LogP contribution in [0.1, 0.15) is 68.4 Å². The van der Waals surface area contributed by atoms with Crippen LogP contribution in [0.4, 0.5) is 0 Å². The lowest BCUT2D eigenvalue weighted by Crippen LogP contribution is -2.31. The molecule has 0 radical (unpaired) electrons. The van der Waals surface area contributed by atoms with Crippen LogP contribution in [-0.2, 0) is 25.8 Å². The summed E-state index contributed by atoms with van der Waals surface area (Å²) >= 11 is 0. The fraction of sp³-hybridized carbons (Fsp3) is 0.750. The van der Waals surface area contributed by atoms with Gasteiger partial charge in [-0.3, -0.25) is 9.36 Å². The Balaban J connectivity index is 2.04. The lowest BCUT2D eigenvalue weighted by atomic mass is 9.97. The third-order valence-corrected chi connectivity index (χ3v) is 4.55. The normalized spacial score (nSPS) is 20.4. The molecule has 0 bridgehead atoms. The average molecular weight is 260 g/mol. The summed E-state index contributed by atoms with van der Waals surface area (Å²) in [6.07, 6.45) is 12.7. The summed E-state index contributed by atoms with van der Waals surface area (Å²) in [7, 11) is 0. The largest absolute Gasteiger partial charge is 0.296 e. The molecule has 1 aliphatic heterocycles. The van der Waals surface area contributed by atoms with E-state index in [-0.39, 0.29) is 5.56 Å². The number of aryl methyl sites for hydroxylation is 2. The van der Waals surface area contributed by atoms with E-state index in [0.717, 1.165) is 55.7 Å². The topological polar surface area (TPSA) is 34.9 Å². The van der Waals surface area contributed by atoms with E-state index in [9.17, 15) is 4.79 Å². The van der Waals surface area contributed by atoms with E-state index >= 15 is 0 Å². The standard InChI is InChI=1S/C16H24N2O/c19-16-13-9-5-1-2-6-10-14(13)17-15-11-7-3-4-8-12-18(15)16/h1-12H2. The second-order valence-corrected chi connectivity index (χ2v) is 5.99. The molecule has 2 aliphatic rings. The minimum absolute atomic E-state index is 0.281. The van der Waals surface area contributed by atoms with Crippen LogP contribution >= 0.6 is 0 Å². The lowest BCUT2D eigenvalue weighted by Gasteiger charge is -2.20. The summed E-state index contributed by atoms with van der Waals surface area (Å²) in [5.41, 5.74) is 2.43. The van der Waals surface area contributed by atoms with Crippen molar-refractivity contribution in [2.75, 3.05) is 0 Å². The van der Waals surface area contributed by atoms with Crippen molar-refractivity contribution in [2.45, 2.75) is 77.2 Å². The molecule has 0 spiro atoms. The van der Waals surface area contributed by atoms with E-state index in [1.54, 1.807) is 0 Å². The van der Waals surface area contributed by atoms with Gasteiger partial charge in [-0.25, -0.2) is 4.98 Å². The minimum Gasteiger partial charge on any atom is -0.296 e. The van der Waals surface area contributed by atoms with Crippen LogP contribution in [0.15, 0.2) is 4.79 Å². The van der Waals surface area contributed by atoms with Crippen molar-refractivity contribution in [1.29, 1.82) is 0 Å². The van der Waals surface area contributed by atoms with Gasteiger partial charge in [0, 0.05) is 18.5 Å². The van der Waals surface area contributed by atoms with E-state index in [4.69, 9.17) is 4.98 Å². The Morgan fingerprint density at radius 2 is 1.47 bits per heavy atom. The molecular formula is C16H24N2O. The smallest absolute Gasteiger partial charge is 0.256 e. The summed E-state index contributed by atoms with van der Waals surface area (Å²) in [4.78, 5) is 17.6. The molecule has 0 N–H and O–H groups in total. The van der Waals surface area contributed by atoms with E-state index < -0.39 is 0 Å². The lowest BCUT2D eigenvalue weighted by molar-refractivity contribution is 0.484. The maximum absolute atomic E-state index is 12.7. The highest BCUT2D eigenvalue weighted by Gasteiger charge is 2.18. The quantitative estimate of drug-likeness (QED) is 0.718. The van der Waals surface area contributed by atoms with E-state index in [0.29, 0.717) is 0 Å². The van der Waals surface area contributed by atoms with Crippen molar-refractivity contribution in [3.63, 3.8) is 0 Å². The molecule has 0 amide bonds. The van der Waals surface area contributed by atoms with E-state index in [1.807, 2.05) is 4.57 Å². The van der Waals surface area contributed by atoms with Gasteiger partial charge in [-0.05, 0) is 38.5 Å². The second kappa shape index (κ2) is 5.89. The third-order valence-electron chi connectivity index (χ3n) is 4.55. The van der Waals surface area contributed by atoms with Crippen molar-refractivity contribution in [3.8, 4) is 0 Å². The van der Waals surface area contributed by atoms with Gasteiger partial charge in [0.1, 0.15) is 5.82 Å². The first-order chi connectivity index (χ1) is 9.36. The van der Waals surface area contributed by atoms with Gasteiger partial charge in [0.25, 0.3) is 5.56 Å². The van der Waals surface area contributed by atoms with Gasteiger partial charge in [-0.2, -0.15) is 0 Å². The van der Waals surface area contributed by atoms with Gasteiger partial charge in [-0.15, -0.1) is 0 Å². The first-order valence-electron chi connectivity index (χ1n) is 7.98. The number of hydrogen-bond donors (Lipinski definition) is 0. The Morgan fingerprint density at radius 1 is 0.789 bits per heavy atom. The highest BCUT2D eigenvalue weighted by Crippen LogP contribution is 2.18. The SMILES string of the molecule is O=c1c2c(nc3n1CCCCCC3)CCCCCC2. The van der Waals surface area contributed by atoms with Crippen LogP contribution in [0.3, 0.4) is 0 Å². The monoisotopic (exact) mass is 260 g/mol. The second-order valence-electron chi connectivity index (χ2n) is 5.99. The fourth-order valence-corrected chi connectivity index (χ4v) is 3.42. The molecule has 3 heteroatoms. The fourth-order valence-electron chi connectivity index (χ4n) is 3.42. The van der Waals surface area contributed by atoms with Gasteiger partial charge >= 0.3 is 0 Å². The Bertz CT molecular complexity index is 463. The van der Waals surface area contributed by atoms with Crippen LogP contribution in [0.5, 0.6) is 0 Å². The zero-order valence-electron chi connectivity index (χ0n) is 11.8. The molecule has 19 heavy (non-hydrogen) atoms. The molecule has 0 saturated carbocycles. The van der Waals surface area contributed by atoms with Crippen LogP contribution in [0, 0.1) is 0 Å². The zero-order chi connectivity index (χ0) is 13.1. The summed E-state index contributed by atoms with van der Waals surface area (Å²) in [5, 5.41) is 0. The number of rotatable bonds is 0. The highest BCUT2D eigenvalue weighted by molar-refractivity contribution is 5.20. The molecule has 0 unspecified atom stereocenters. The first kappa shape index (κ1) is 12.9. The number of hydrogen-bond acceptors (Lipinski definition) is 2. The highest BCUT2D eigenvalue weighted by atomic mass is 16.1. The average Bonchev–Trinajstić information content (AvgIpc) is 2.33. The molecule has 2 heterocycles.